The lowest BCUT2D eigenvalue weighted by atomic mass is 10.1. The molecule has 0 bridgehead atoms. The summed E-state index contributed by atoms with van der Waals surface area (Å²) in [7, 11) is 0. The van der Waals surface area contributed by atoms with Gasteiger partial charge in [-0.05, 0) is 19.3 Å². The fraction of sp³-hybridized carbons (Fsp3) is 0.750. The molecule has 0 aromatic carbocycles. The molecule has 0 aromatic rings. The summed E-state index contributed by atoms with van der Waals surface area (Å²) in [5.74, 6) is -1.27. The fourth-order valence-electron chi connectivity index (χ4n) is 1.56. The number of nitrogens with two attached hydrogens (primary N) is 2. The summed E-state index contributed by atoms with van der Waals surface area (Å²) in [6.07, 6.45) is 3.95. The molecule has 0 aromatic heterocycles. The number of carbonyl (C=O) groups excluding carboxylic acids is 1. The lowest BCUT2D eigenvalue weighted by molar-refractivity contribution is -0.142. The van der Waals surface area contributed by atoms with Crippen LogP contribution in [0.4, 0.5) is 0 Å². The van der Waals surface area contributed by atoms with E-state index in [1.807, 2.05) is 6.92 Å². The topological polar surface area (TPSA) is 131 Å². The summed E-state index contributed by atoms with van der Waals surface area (Å²) in [4.78, 5) is 26.3. The Hall–Kier alpha value is -1.79. The second-order valence-corrected chi connectivity index (χ2v) is 4.36. The van der Waals surface area contributed by atoms with Crippen LogP contribution in [-0.2, 0) is 9.59 Å². The van der Waals surface area contributed by atoms with Crippen LogP contribution in [0.25, 0.3) is 0 Å². The number of aliphatic imine (C=N–C) groups is 1. The number of carboxylic acids is 1. The number of nitrogens with zero attached hydrogens (tertiary/aromatic N) is 1. The summed E-state index contributed by atoms with van der Waals surface area (Å²) in [6, 6.07) is -0.872. The number of nitrogens with one attached hydrogen (secondary N) is 1. The number of unbranched alkanes of at least 4 members (excludes halogenated alkanes) is 2. The van der Waals surface area contributed by atoms with Crippen LogP contribution in [0, 0.1) is 0 Å². The Morgan fingerprint density at radius 3 is 2.47 bits per heavy atom. The Kier molecular flexibility index (Phi) is 9.20. The first-order valence-electron chi connectivity index (χ1n) is 6.55. The highest BCUT2D eigenvalue weighted by atomic mass is 16.4. The third-order valence-electron chi connectivity index (χ3n) is 2.59. The van der Waals surface area contributed by atoms with Crippen LogP contribution in [0.1, 0.15) is 45.4 Å². The number of hydrogen-bond acceptors (Lipinski definition) is 3. The molecule has 1 atom stereocenters. The van der Waals surface area contributed by atoms with Crippen molar-refractivity contribution in [3.8, 4) is 0 Å². The summed E-state index contributed by atoms with van der Waals surface area (Å²) in [5, 5.41) is 11.5. The summed E-state index contributed by atoms with van der Waals surface area (Å²) >= 11 is 0. The molecule has 7 nitrogen and oxygen atoms in total. The van der Waals surface area contributed by atoms with Gasteiger partial charge in [-0.2, -0.15) is 0 Å². The minimum atomic E-state index is -1.03. The molecule has 0 aliphatic rings. The minimum Gasteiger partial charge on any atom is -0.480 e. The van der Waals surface area contributed by atoms with E-state index in [1.165, 1.54) is 0 Å². The van der Waals surface area contributed by atoms with Crippen molar-refractivity contribution >= 4 is 17.8 Å². The molecule has 0 fully saturated rings. The van der Waals surface area contributed by atoms with E-state index in [2.05, 4.69) is 10.3 Å². The highest BCUT2D eigenvalue weighted by Crippen LogP contribution is 2.02. The molecule has 0 saturated heterocycles. The van der Waals surface area contributed by atoms with Gasteiger partial charge in [-0.15, -0.1) is 0 Å². The first-order chi connectivity index (χ1) is 8.97. The number of carboxylic acid groups (broad SMARTS) is 1. The van der Waals surface area contributed by atoms with Crippen molar-refractivity contribution < 1.29 is 14.7 Å². The van der Waals surface area contributed by atoms with Crippen molar-refractivity contribution in [3.63, 3.8) is 0 Å². The van der Waals surface area contributed by atoms with Crippen molar-refractivity contribution in [1.29, 1.82) is 0 Å². The SMILES string of the molecule is CCCCCC(=O)N[C@@H](CCCN=C(N)N)C(=O)O. The van der Waals surface area contributed by atoms with Crippen LogP contribution >= 0.6 is 0 Å². The van der Waals surface area contributed by atoms with Gasteiger partial charge in [0.15, 0.2) is 5.96 Å². The average Bonchev–Trinajstić information content (AvgIpc) is 2.32. The Labute approximate surface area is 113 Å². The highest BCUT2D eigenvalue weighted by molar-refractivity contribution is 5.83. The van der Waals surface area contributed by atoms with E-state index < -0.39 is 12.0 Å². The lowest BCUT2D eigenvalue weighted by Crippen LogP contribution is -2.40. The average molecular weight is 272 g/mol. The van der Waals surface area contributed by atoms with E-state index in [0.717, 1.165) is 19.3 Å². The molecule has 1 amide bonds. The van der Waals surface area contributed by atoms with Crippen molar-refractivity contribution in [2.24, 2.45) is 16.5 Å². The van der Waals surface area contributed by atoms with E-state index in [1.54, 1.807) is 0 Å². The zero-order valence-corrected chi connectivity index (χ0v) is 11.4. The van der Waals surface area contributed by atoms with Crippen LogP contribution in [0.5, 0.6) is 0 Å². The Balaban J connectivity index is 4.01. The van der Waals surface area contributed by atoms with E-state index in [0.29, 0.717) is 25.8 Å². The standard InChI is InChI=1S/C12H24N4O3/c1-2-3-4-7-10(17)16-9(11(18)19)6-5-8-15-12(13)14/h9H,2-8H2,1H3,(H,16,17)(H,18,19)(H4,13,14,15)/t9-/m0/s1. The van der Waals surface area contributed by atoms with Crippen molar-refractivity contribution in [1.82, 2.24) is 5.32 Å². The Bertz CT molecular complexity index is 314. The maximum atomic E-state index is 11.5. The molecule has 7 heteroatoms. The molecule has 0 spiro atoms. The third-order valence-corrected chi connectivity index (χ3v) is 2.59. The Morgan fingerprint density at radius 1 is 1.26 bits per heavy atom. The lowest BCUT2D eigenvalue weighted by Gasteiger charge is -2.13. The van der Waals surface area contributed by atoms with Crippen LogP contribution in [0.15, 0.2) is 4.99 Å². The first-order valence-corrected chi connectivity index (χ1v) is 6.55. The van der Waals surface area contributed by atoms with Gasteiger partial charge >= 0.3 is 5.97 Å². The molecule has 0 radical (unpaired) electrons. The van der Waals surface area contributed by atoms with Crippen LogP contribution in [0.2, 0.25) is 0 Å². The molecule has 110 valence electrons. The Morgan fingerprint density at radius 2 is 1.95 bits per heavy atom. The monoisotopic (exact) mass is 272 g/mol. The number of rotatable bonds is 10. The quantitative estimate of drug-likeness (QED) is 0.256. The molecule has 19 heavy (non-hydrogen) atoms. The van der Waals surface area contributed by atoms with Crippen LogP contribution in [-0.4, -0.2) is 35.5 Å². The maximum absolute atomic E-state index is 11.5. The van der Waals surface area contributed by atoms with E-state index in [4.69, 9.17) is 16.6 Å². The molecule has 0 aliphatic heterocycles. The van der Waals surface area contributed by atoms with Crippen LogP contribution in [0.3, 0.4) is 0 Å². The number of guanidine groups is 1. The molecule has 6 N–H and O–H groups in total. The third kappa shape index (κ3) is 9.87. The number of aliphatic carboxylic acids is 1. The predicted octanol–water partition coefficient (Wildman–Crippen LogP) is 0.190. The van der Waals surface area contributed by atoms with Gasteiger partial charge in [0, 0.05) is 13.0 Å². The van der Waals surface area contributed by atoms with Gasteiger partial charge in [0.05, 0.1) is 0 Å². The van der Waals surface area contributed by atoms with Crippen molar-refractivity contribution in [3.05, 3.63) is 0 Å². The smallest absolute Gasteiger partial charge is 0.326 e. The number of hydrogen-bond donors (Lipinski definition) is 4. The zero-order chi connectivity index (χ0) is 14.7. The first kappa shape index (κ1) is 17.2. The zero-order valence-electron chi connectivity index (χ0n) is 11.4. The fourth-order valence-corrected chi connectivity index (χ4v) is 1.56. The van der Waals surface area contributed by atoms with Gasteiger partial charge < -0.3 is 21.9 Å². The molecular weight excluding hydrogens is 248 g/mol. The largest absolute Gasteiger partial charge is 0.480 e. The second-order valence-electron chi connectivity index (χ2n) is 4.36. The molecule has 0 aliphatic carbocycles. The summed E-state index contributed by atoms with van der Waals surface area (Å²) in [5.41, 5.74) is 10.3. The van der Waals surface area contributed by atoms with Gasteiger partial charge in [-0.3, -0.25) is 9.79 Å². The van der Waals surface area contributed by atoms with Crippen molar-refractivity contribution in [2.75, 3.05) is 6.54 Å². The highest BCUT2D eigenvalue weighted by Gasteiger charge is 2.18. The van der Waals surface area contributed by atoms with Gasteiger partial charge in [0.1, 0.15) is 6.04 Å². The van der Waals surface area contributed by atoms with Gasteiger partial charge in [0.25, 0.3) is 0 Å². The molecule has 0 unspecified atom stereocenters. The van der Waals surface area contributed by atoms with Gasteiger partial charge in [0.2, 0.25) is 5.91 Å². The van der Waals surface area contributed by atoms with Crippen molar-refractivity contribution in [2.45, 2.75) is 51.5 Å². The number of carbonyl (C=O) groups is 2. The van der Waals surface area contributed by atoms with E-state index in [-0.39, 0.29) is 11.9 Å². The number of amides is 1. The normalized spacial score (nSPS) is 11.6. The van der Waals surface area contributed by atoms with Crippen LogP contribution < -0.4 is 16.8 Å². The molecular formula is C12H24N4O3. The van der Waals surface area contributed by atoms with Gasteiger partial charge in [-0.1, -0.05) is 19.8 Å². The maximum Gasteiger partial charge on any atom is 0.326 e. The minimum absolute atomic E-state index is 0.0181. The molecule has 0 rings (SSSR count). The summed E-state index contributed by atoms with van der Waals surface area (Å²) in [6.45, 7) is 2.40. The predicted molar refractivity (Wildman–Crippen MR) is 73.6 cm³/mol. The van der Waals surface area contributed by atoms with Gasteiger partial charge in [-0.25, -0.2) is 4.79 Å². The van der Waals surface area contributed by atoms with E-state index >= 15 is 0 Å². The summed E-state index contributed by atoms with van der Waals surface area (Å²) < 4.78 is 0. The van der Waals surface area contributed by atoms with E-state index in [9.17, 15) is 9.59 Å². The molecule has 0 saturated carbocycles. The second kappa shape index (κ2) is 10.2. The molecule has 0 heterocycles.